The van der Waals surface area contributed by atoms with Gasteiger partial charge in [-0.15, -0.1) is 0 Å². The largest absolute Gasteiger partial charge is 0.490 e. The molecule has 0 bridgehead atoms. The number of aryl methyl sites for hydroxylation is 3. The van der Waals surface area contributed by atoms with Crippen molar-refractivity contribution in [3.05, 3.63) is 81.0 Å². The van der Waals surface area contributed by atoms with Crippen molar-refractivity contribution in [3.8, 4) is 0 Å². The van der Waals surface area contributed by atoms with E-state index in [0.717, 1.165) is 22.4 Å². The number of rotatable bonds is 8. The van der Waals surface area contributed by atoms with E-state index in [2.05, 4.69) is 31.5 Å². The van der Waals surface area contributed by atoms with Crippen molar-refractivity contribution in [2.24, 2.45) is 0 Å². The van der Waals surface area contributed by atoms with Crippen molar-refractivity contribution in [2.75, 3.05) is 11.2 Å². The van der Waals surface area contributed by atoms with E-state index in [4.69, 9.17) is 15.6 Å². The number of aliphatic carboxylic acids is 1. The molecule has 0 fully saturated rings. The van der Waals surface area contributed by atoms with Crippen LogP contribution in [0.25, 0.3) is 0 Å². The highest BCUT2D eigenvalue weighted by Crippen LogP contribution is 2.13. The van der Waals surface area contributed by atoms with Gasteiger partial charge in [-0.3, -0.25) is 25.0 Å². The summed E-state index contributed by atoms with van der Waals surface area (Å²) in [6.07, 6.45) is -3.64. The summed E-state index contributed by atoms with van der Waals surface area (Å²) in [7, 11) is 0. The number of nitrogens with one attached hydrogen (secondary N) is 4. The van der Waals surface area contributed by atoms with Crippen molar-refractivity contribution in [2.45, 2.75) is 46.6 Å². The van der Waals surface area contributed by atoms with Crippen molar-refractivity contribution >= 4 is 29.5 Å². The number of alkyl halides is 3. The molecule has 0 spiro atoms. The summed E-state index contributed by atoms with van der Waals surface area (Å²) < 4.78 is 33.0. The van der Waals surface area contributed by atoms with E-state index in [-0.39, 0.29) is 24.8 Å². The molecule has 16 heteroatoms. The molecule has 3 rings (SSSR count). The molecule has 0 aliphatic heterocycles. The van der Waals surface area contributed by atoms with E-state index in [1.807, 2.05) is 31.2 Å². The third-order valence-corrected chi connectivity index (χ3v) is 5.49. The second-order valence-electron chi connectivity index (χ2n) is 8.56. The summed E-state index contributed by atoms with van der Waals surface area (Å²) >= 11 is 0. The van der Waals surface area contributed by atoms with Gasteiger partial charge in [-0.2, -0.15) is 13.2 Å². The number of aromatic nitrogens is 3. The minimum Gasteiger partial charge on any atom is -0.475 e. The van der Waals surface area contributed by atoms with Crippen molar-refractivity contribution in [1.29, 1.82) is 0 Å². The molecule has 0 atom stereocenters. The molecule has 0 unspecified atom stereocenters. The maximum atomic E-state index is 12.8. The summed E-state index contributed by atoms with van der Waals surface area (Å²) in [5.74, 6) is -2.82. The Morgan fingerprint density at radius 2 is 1.63 bits per heavy atom. The molecule has 13 nitrogen and oxygen atoms in total. The van der Waals surface area contributed by atoms with Crippen LogP contribution >= 0.6 is 0 Å². The Morgan fingerprint density at radius 1 is 1.00 bits per heavy atom. The number of benzene rings is 1. The van der Waals surface area contributed by atoms with Crippen molar-refractivity contribution < 1.29 is 32.7 Å². The van der Waals surface area contributed by atoms with Crippen LogP contribution in [0.2, 0.25) is 0 Å². The quantitative estimate of drug-likeness (QED) is 0.217. The molecule has 0 aliphatic rings. The van der Waals surface area contributed by atoms with Gasteiger partial charge in [0, 0.05) is 30.7 Å². The fraction of sp³-hybridized carbons (Fsp3) is 0.280. The van der Waals surface area contributed by atoms with Crippen LogP contribution in [0.1, 0.15) is 28.1 Å². The summed E-state index contributed by atoms with van der Waals surface area (Å²) in [4.78, 5) is 54.4. The average molecular weight is 579 g/mol. The SMILES string of the molecule is Cc1ccccc1CNC(=O)NNc1ncc(C)n(CC(=O)NCc2ccc(N)nc2C)c1=O.O=C(O)C(F)(F)F. The molecule has 0 saturated heterocycles. The van der Waals surface area contributed by atoms with Crippen LogP contribution in [0.4, 0.5) is 29.6 Å². The van der Waals surface area contributed by atoms with Crippen molar-refractivity contribution in [3.63, 3.8) is 0 Å². The molecule has 3 amide bonds. The number of nitrogens with two attached hydrogens (primary N) is 1. The van der Waals surface area contributed by atoms with Gasteiger partial charge in [0.15, 0.2) is 0 Å². The summed E-state index contributed by atoms with van der Waals surface area (Å²) in [5.41, 5.74) is 14.1. The number of carbonyl (C=O) groups is 3. The normalized spacial score (nSPS) is 10.6. The number of hydrogen-bond donors (Lipinski definition) is 6. The molecule has 220 valence electrons. The number of urea groups is 1. The Balaban J connectivity index is 0.000000745. The smallest absolute Gasteiger partial charge is 0.475 e. The molecule has 3 aromatic rings. The lowest BCUT2D eigenvalue weighted by Crippen LogP contribution is -2.42. The third kappa shape index (κ3) is 10.2. The number of halogens is 3. The first-order valence-electron chi connectivity index (χ1n) is 11.9. The zero-order valence-corrected chi connectivity index (χ0v) is 22.3. The van der Waals surface area contributed by atoms with Crippen LogP contribution in [0.15, 0.2) is 47.4 Å². The van der Waals surface area contributed by atoms with Gasteiger partial charge in [0.25, 0.3) is 5.56 Å². The number of anilines is 2. The summed E-state index contributed by atoms with van der Waals surface area (Å²) in [6, 6.07) is 10.6. The van der Waals surface area contributed by atoms with Gasteiger partial charge in [0.2, 0.25) is 11.7 Å². The number of pyridine rings is 1. The molecule has 2 aromatic heterocycles. The van der Waals surface area contributed by atoms with E-state index in [1.165, 1.54) is 10.8 Å². The van der Waals surface area contributed by atoms with Crippen LogP contribution in [0, 0.1) is 20.8 Å². The number of hydrazine groups is 1. The lowest BCUT2D eigenvalue weighted by atomic mass is 10.1. The first kappa shape index (κ1) is 32.1. The lowest BCUT2D eigenvalue weighted by Gasteiger charge is -2.14. The number of carboxylic acid groups (broad SMARTS) is 1. The number of carbonyl (C=O) groups excluding carboxylic acids is 2. The molecular weight excluding hydrogens is 549 g/mol. The summed E-state index contributed by atoms with van der Waals surface area (Å²) in [6.45, 7) is 5.80. The predicted octanol–water partition coefficient (Wildman–Crippen LogP) is 1.92. The van der Waals surface area contributed by atoms with Gasteiger partial charge in [-0.05, 0) is 43.5 Å². The maximum absolute atomic E-state index is 12.8. The van der Waals surface area contributed by atoms with Gasteiger partial charge >= 0.3 is 18.2 Å². The van der Waals surface area contributed by atoms with Crippen molar-refractivity contribution in [1.82, 2.24) is 30.6 Å². The first-order valence-corrected chi connectivity index (χ1v) is 11.9. The molecule has 7 N–H and O–H groups in total. The third-order valence-electron chi connectivity index (χ3n) is 5.49. The molecule has 0 saturated carbocycles. The standard InChI is InChI=1S/C23H28N8O3.C2HF3O2/c1-14-6-4-5-7-17(14)11-27-23(34)30-29-21-22(33)31(15(2)10-26-21)13-20(32)25-12-18-8-9-19(24)28-16(18)3;3-2(4,5)1(6)7/h4-10H,11-13H2,1-3H3,(H2,24,28)(H,25,32)(H,26,29)(H2,27,30,34);(H,6,7). The second-order valence-corrected chi connectivity index (χ2v) is 8.56. The highest BCUT2D eigenvalue weighted by atomic mass is 19.4. The molecule has 1 aromatic carbocycles. The predicted molar refractivity (Wildman–Crippen MR) is 142 cm³/mol. The van der Waals surface area contributed by atoms with E-state index < -0.39 is 23.7 Å². The number of nitrogens with zero attached hydrogens (tertiary/aromatic N) is 3. The Kier molecular flexibility index (Phi) is 11.2. The van der Waals surface area contributed by atoms with Crippen LogP contribution in [-0.4, -0.2) is 43.7 Å². The fourth-order valence-electron chi connectivity index (χ4n) is 3.19. The maximum Gasteiger partial charge on any atom is 0.490 e. The van der Waals surface area contributed by atoms with Gasteiger partial charge in [-0.1, -0.05) is 30.3 Å². The van der Waals surface area contributed by atoms with E-state index in [1.54, 1.807) is 26.0 Å². The Hall–Kier alpha value is -5.15. The molecule has 41 heavy (non-hydrogen) atoms. The number of carboxylic acids is 1. The van der Waals surface area contributed by atoms with Gasteiger partial charge in [-0.25, -0.2) is 19.6 Å². The minimum atomic E-state index is -5.08. The zero-order valence-electron chi connectivity index (χ0n) is 22.3. The number of amides is 3. The molecular formula is C25H29F3N8O5. The van der Waals surface area contributed by atoms with E-state index in [0.29, 0.717) is 18.1 Å². The second kappa shape index (κ2) is 14.3. The zero-order chi connectivity index (χ0) is 30.7. The van der Waals surface area contributed by atoms with Gasteiger partial charge < -0.3 is 21.5 Å². The van der Waals surface area contributed by atoms with Crippen LogP contribution in [0.3, 0.4) is 0 Å². The Labute approximate surface area is 232 Å². The van der Waals surface area contributed by atoms with Gasteiger partial charge in [0.05, 0.1) is 0 Å². The fourth-order valence-corrected chi connectivity index (χ4v) is 3.19. The first-order chi connectivity index (χ1) is 19.2. The highest BCUT2D eigenvalue weighted by molar-refractivity contribution is 5.76. The minimum absolute atomic E-state index is 0.108. The Bertz CT molecular complexity index is 1460. The van der Waals surface area contributed by atoms with Crippen LogP contribution in [0.5, 0.6) is 0 Å². The topological polar surface area (TPSA) is 193 Å². The van der Waals surface area contributed by atoms with E-state index in [9.17, 15) is 27.6 Å². The number of nitrogen functional groups attached to an aromatic ring is 1. The number of hydrogen-bond acceptors (Lipinski definition) is 8. The highest BCUT2D eigenvalue weighted by Gasteiger charge is 2.38. The van der Waals surface area contributed by atoms with Crippen LogP contribution < -0.4 is 32.8 Å². The van der Waals surface area contributed by atoms with Crippen LogP contribution in [-0.2, 0) is 29.2 Å². The monoisotopic (exact) mass is 578 g/mol. The Morgan fingerprint density at radius 3 is 2.24 bits per heavy atom. The molecule has 2 heterocycles. The summed E-state index contributed by atoms with van der Waals surface area (Å²) in [5, 5.41) is 12.6. The van der Waals surface area contributed by atoms with E-state index >= 15 is 0 Å². The molecule has 0 aliphatic carbocycles. The molecule has 0 radical (unpaired) electrons. The average Bonchev–Trinajstić information content (AvgIpc) is 2.89. The van der Waals surface area contributed by atoms with Gasteiger partial charge in [0.1, 0.15) is 12.4 Å². The lowest BCUT2D eigenvalue weighted by molar-refractivity contribution is -0.192.